The summed E-state index contributed by atoms with van der Waals surface area (Å²) in [7, 11) is 0. The van der Waals surface area contributed by atoms with E-state index in [1.165, 1.54) is 0 Å². The second kappa shape index (κ2) is 3.69. The number of rotatable bonds is 2. The molecule has 4 heteroatoms. The number of carboxylic acid groups (broad SMARTS) is 1. The molecule has 4 nitrogen and oxygen atoms in total. The number of hydrogen-bond donors (Lipinski definition) is 2. The highest BCUT2D eigenvalue weighted by Gasteiger charge is 2.19. The van der Waals surface area contributed by atoms with Crippen LogP contribution >= 0.6 is 0 Å². The van der Waals surface area contributed by atoms with E-state index in [0.717, 1.165) is 19.6 Å². The number of piperazine rings is 1. The first-order chi connectivity index (χ1) is 5.20. The van der Waals surface area contributed by atoms with Crippen molar-refractivity contribution in [1.82, 2.24) is 10.2 Å². The maximum atomic E-state index is 10.4. The molecule has 1 heterocycles. The Labute approximate surface area is 66.2 Å². The predicted octanol–water partition coefficient (Wildman–Crippen LogP) is -0.635. The van der Waals surface area contributed by atoms with E-state index in [9.17, 15) is 4.79 Å². The van der Waals surface area contributed by atoms with Crippen molar-refractivity contribution in [3.8, 4) is 0 Å². The van der Waals surface area contributed by atoms with Crippen LogP contribution in [0.5, 0.6) is 0 Å². The molecular weight excluding hydrogens is 144 g/mol. The Bertz CT molecular complexity index is 149. The van der Waals surface area contributed by atoms with Crippen LogP contribution in [0, 0.1) is 0 Å². The lowest BCUT2D eigenvalue weighted by molar-refractivity contribution is -0.139. The first kappa shape index (κ1) is 8.49. The third-order valence-corrected chi connectivity index (χ3v) is 1.98. The lowest BCUT2D eigenvalue weighted by Gasteiger charge is -2.32. The van der Waals surface area contributed by atoms with Gasteiger partial charge in [0.2, 0.25) is 0 Å². The lowest BCUT2D eigenvalue weighted by Crippen LogP contribution is -2.51. The van der Waals surface area contributed by atoms with Gasteiger partial charge in [-0.15, -0.1) is 0 Å². The van der Waals surface area contributed by atoms with Crippen molar-refractivity contribution in [2.45, 2.75) is 13.0 Å². The Hall–Kier alpha value is -0.610. The van der Waals surface area contributed by atoms with Crippen molar-refractivity contribution >= 4 is 5.97 Å². The summed E-state index contributed by atoms with van der Waals surface area (Å²) in [4.78, 5) is 12.3. The van der Waals surface area contributed by atoms with Gasteiger partial charge in [0, 0.05) is 25.7 Å². The normalized spacial score (nSPS) is 26.8. The topological polar surface area (TPSA) is 52.6 Å². The number of carbonyl (C=O) groups is 1. The summed E-state index contributed by atoms with van der Waals surface area (Å²) in [6.07, 6.45) is 0. The summed E-state index contributed by atoms with van der Waals surface area (Å²) in [5.74, 6) is -0.737. The van der Waals surface area contributed by atoms with Crippen LogP contribution in [-0.2, 0) is 4.79 Å². The molecule has 0 aromatic carbocycles. The zero-order valence-electron chi connectivity index (χ0n) is 6.71. The Morgan fingerprint density at radius 2 is 2.55 bits per heavy atom. The molecule has 0 radical (unpaired) electrons. The van der Waals surface area contributed by atoms with Crippen molar-refractivity contribution in [1.29, 1.82) is 0 Å². The summed E-state index contributed by atoms with van der Waals surface area (Å²) in [6, 6.07) is 0.347. The highest BCUT2D eigenvalue weighted by atomic mass is 16.4. The first-order valence-corrected chi connectivity index (χ1v) is 3.86. The molecule has 1 saturated heterocycles. The van der Waals surface area contributed by atoms with E-state index in [0.29, 0.717) is 6.04 Å². The molecule has 1 atom stereocenters. The summed E-state index contributed by atoms with van der Waals surface area (Å²) < 4.78 is 0. The number of hydrogen-bond acceptors (Lipinski definition) is 3. The van der Waals surface area contributed by atoms with Crippen molar-refractivity contribution in [2.75, 3.05) is 26.2 Å². The molecule has 0 unspecified atom stereocenters. The fourth-order valence-electron chi connectivity index (χ4n) is 1.29. The van der Waals surface area contributed by atoms with Crippen LogP contribution in [0.15, 0.2) is 0 Å². The van der Waals surface area contributed by atoms with Gasteiger partial charge in [0.15, 0.2) is 0 Å². The highest BCUT2D eigenvalue weighted by Crippen LogP contribution is 2.00. The third kappa shape index (κ3) is 2.48. The molecule has 0 bridgehead atoms. The average molecular weight is 158 g/mol. The van der Waals surface area contributed by atoms with E-state index in [4.69, 9.17) is 5.11 Å². The van der Waals surface area contributed by atoms with Gasteiger partial charge in [-0.3, -0.25) is 9.69 Å². The van der Waals surface area contributed by atoms with Gasteiger partial charge in [0.25, 0.3) is 0 Å². The second-order valence-corrected chi connectivity index (χ2v) is 2.92. The molecule has 2 N–H and O–H groups in total. The Morgan fingerprint density at radius 1 is 1.82 bits per heavy atom. The average Bonchev–Trinajstić information content (AvgIpc) is 1.93. The minimum Gasteiger partial charge on any atom is -0.480 e. The predicted molar refractivity (Wildman–Crippen MR) is 41.5 cm³/mol. The molecule has 0 aromatic rings. The summed E-state index contributed by atoms with van der Waals surface area (Å²) in [5.41, 5.74) is 0. The molecule has 1 rings (SSSR count). The SMILES string of the molecule is C[C@@H]1CNCCN1CC(=O)O. The van der Waals surface area contributed by atoms with Gasteiger partial charge in [0.05, 0.1) is 6.54 Å². The van der Waals surface area contributed by atoms with Crippen molar-refractivity contribution in [3.05, 3.63) is 0 Å². The van der Waals surface area contributed by atoms with E-state index < -0.39 is 5.97 Å². The molecule has 64 valence electrons. The largest absolute Gasteiger partial charge is 0.480 e. The molecule has 1 fully saturated rings. The minimum atomic E-state index is -0.737. The van der Waals surface area contributed by atoms with Crippen LogP contribution in [0.3, 0.4) is 0 Å². The maximum Gasteiger partial charge on any atom is 0.317 e. The molecule has 0 spiro atoms. The number of aliphatic carboxylic acids is 1. The quantitative estimate of drug-likeness (QED) is 0.561. The van der Waals surface area contributed by atoms with Crippen LogP contribution in [0.1, 0.15) is 6.92 Å². The van der Waals surface area contributed by atoms with Crippen LogP contribution in [0.25, 0.3) is 0 Å². The van der Waals surface area contributed by atoms with Gasteiger partial charge in [-0.1, -0.05) is 0 Å². The molecule has 0 aliphatic carbocycles. The molecule has 1 aliphatic rings. The summed E-state index contributed by atoms with van der Waals surface area (Å²) in [5, 5.41) is 11.7. The van der Waals surface area contributed by atoms with Crippen LogP contribution in [0.2, 0.25) is 0 Å². The molecule has 11 heavy (non-hydrogen) atoms. The molecule has 0 saturated carbocycles. The highest BCUT2D eigenvalue weighted by molar-refractivity contribution is 5.69. The van der Waals surface area contributed by atoms with Gasteiger partial charge < -0.3 is 10.4 Å². The fraction of sp³-hybridized carbons (Fsp3) is 0.857. The van der Waals surface area contributed by atoms with E-state index >= 15 is 0 Å². The zero-order chi connectivity index (χ0) is 8.27. The van der Waals surface area contributed by atoms with E-state index in [2.05, 4.69) is 5.32 Å². The number of nitrogens with zero attached hydrogens (tertiary/aromatic N) is 1. The first-order valence-electron chi connectivity index (χ1n) is 3.86. The molecule has 1 aliphatic heterocycles. The standard InChI is InChI=1S/C7H14N2O2/c1-6-4-8-2-3-9(6)5-7(10)11/h6,8H,2-5H2,1H3,(H,10,11)/t6-/m1/s1. The minimum absolute atomic E-state index is 0.169. The van der Waals surface area contributed by atoms with Crippen molar-refractivity contribution < 1.29 is 9.90 Å². The Balaban J connectivity index is 2.35. The smallest absolute Gasteiger partial charge is 0.317 e. The van der Waals surface area contributed by atoms with Crippen LogP contribution in [0.4, 0.5) is 0 Å². The van der Waals surface area contributed by atoms with Gasteiger partial charge in [-0.05, 0) is 6.92 Å². The summed E-state index contributed by atoms with van der Waals surface area (Å²) >= 11 is 0. The van der Waals surface area contributed by atoms with Gasteiger partial charge >= 0.3 is 5.97 Å². The van der Waals surface area contributed by atoms with E-state index in [-0.39, 0.29) is 6.54 Å². The number of nitrogens with one attached hydrogen (secondary N) is 1. The number of carboxylic acids is 1. The second-order valence-electron chi connectivity index (χ2n) is 2.92. The zero-order valence-corrected chi connectivity index (χ0v) is 6.71. The van der Waals surface area contributed by atoms with Gasteiger partial charge in [0.1, 0.15) is 0 Å². The van der Waals surface area contributed by atoms with Crippen molar-refractivity contribution in [3.63, 3.8) is 0 Å². The molecule has 0 aromatic heterocycles. The van der Waals surface area contributed by atoms with Gasteiger partial charge in [-0.2, -0.15) is 0 Å². The van der Waals surface area contributed by atoms with E-state index in [1.807, 2.05) is 11.8 Å². The molecule has 0 amide bonds. The van der Waals surface area contributed by atoms with Crippen LogP contribution < -0.4 is 5.32 Å². The fourth-order valence-corrected chi connectivity index (χ4v) is 1.29. The monoisotopic (exact) mass is 158 g/mol. The third-order valence-electron chi connectivity index (χ3n) is 1.98. The summed E-state index contributed by atoms with van der Waals surface area (Å²) in [6.45, 7) is 4.84. The Kier molecular flexibility index (Phi) is 2.84. The van der Waals surface area contributed by atoms with Crippen LogP contribution in [-0.4, -0.2) is 48.2 Å². The maximum absolute atomic E-state index is 10.4. The Morgan fingerprint density at radius 3 is 3.09 bits per heavy atom. The molecular formula is C7H14N2O2. The van der Waals surface area contributed by atoms with Gasteiger partial charge in [-0.25, -0.2) is 0 Å². The van der Waals surface area contributed by atoms with Crippen molar-refractivity contribution in [2.24, 2.45) is 0 Å². The lowest BCUT2D eigenvalue weighted by atomic mass is 10.2. The van der Waals surface area contributed by atoms with E-state index in [1.54, 1.807) is 0 Å².